The van der Waals surface area contributed by atoms with Gasteiger partial charge in [-0.1, -0.05) is 123 Å². The van der Waals surface area contributed by atoms with Crippen LogP contribution in [0.15, 0.2) is 12.2 Å². The molecule has 4 heteroatoms. The van der Waals surface area contributed by atoms with Gasteiger partial charge in [-0.2, -0.15) is 0 Å². The standard InChI is InChI=1S/C27H50O4/c1-4-6-8-9-10-11-12-13-14-15-16-17-18-19-20-21-23-31-27(29)25(3)24-26(28)30-22-7-5-2/h3-24H2,1-2H3. The van der Waals surface area contributed by atoms with Crippen LogP contribution in [0.1, 0.15) is 136 Å². The molecule has 0 saturated carbocycles. The van der Waals surface area contributed by atoms with E-state index in [2.05, 4.69) is 13.5 Å². The molecule has 0 heterocycles. The second kappa shape index (κ2) is 23.3. The zero-order chi connectivity index (χ0) is 23.0. The van der Waals surface area contributed by atoms with Gasteiger partial charge < -0.3 is 9.47 Å². The Bertz CT molecular complexity index is 445. The van der Waals surface area contributed by atoms with Gasteiger partial charge in [-0.05, 0) is 12.8 Å². The predicted octanol–water partition coefficient (Wildman–Crippen LogP) is 8.08. The van der Waals surface area contributed by atoms with E-state index < -0.39 is 11.9 Å². The van der Waals surface area contributed by atoms with Gasteiger partial charge in [0.2, 0.25) is 0 Å². The Morgan fingerprint density at radius 2 is 0.935 bits per heavy atom. The molecule has 0 saturated heterocycles. The quantitative estimate of drug-likeness (QED) is 0.0919. The Labute approximate surface area is 192 Å². The van der Waals surface area contributed by atoms with E-state index in [1.807, 2.05) is 6.92 Å². The van der Waals surface area contributed by atoms with Crippen LogP contribution in [0.5, 0.6) is 0 Å². The molecule has 0 amide bonds. The minimum atomic E-state index is -0.478. The van der Waals surface area contributed by atoms with Crippen molar-refractivity contribution in [3.05, 3.63) is 12.2 Å². The normalized spacial score (nSPS) is 10.8. The van der Waals surface area contributed by atoms with E-state index in [4.69, 9.17) is 9.47 Å². The van der Waals surface area contributed by atoms with Crippen molar-refractivity contribution < 1.29 is 19.1 Å². The van der Waals surface area contributed by atoms with Crippen LogP contribution in [0.4, 0.5) is 0 Å². The van der Waals surface area contributed by atoms with Gasteiger partial charge >= 0.3 is 11.9 Å². The Morgan fingerprint density at radius 1 is 0.548 bits per heavy atom. The monoisotopic (exact) mass is 438 g/mol. The Kier molecular flexibility index (Phi) is 22.4. The molecule has 182 valence electrons. The van der Waals surface area contributed by atoms with Gasteiger partial charge in [0.15, 0.2) is 0 Å². The summed E-state index contributed by atoms with van der Waals surface area (Å²) >= 11 is 0. The summed E-state index contributed by atoms with van der Waals surface area (Å²) in [5, 5.41) is 0. The number of carbonyl (C=O) groups is 2. The van der Waals surface area contributed by atoms with E-state index in [0.29, 0.717) is 13.2 Å². The van der Waals surface area contributed by atoms with Gasteiger partial charge in [0, 0.05) is 5.57 Å². The van der Waals surface area contributed by atoms with Crippen molar-refractivity contribution >= 4 is 11.9 Å². The fourth-order valence-electron chi connectivity index (χ4n) is 3.54. The molecule has 31 heavy (non-hydrogen) atoms. The predicted molar refractivity (Wildman–Crippen MR) is 130 cm³/mol. The Morgan fingerprint density at radius 3 is 1.39 bits per heavy atom. The number of rotatable bonds is 23. The summed E-state index contributed by atoms with van der Waals surface area (Å²) in [5.41, 5.74) is 0.179. The third-order valence-corrected chi connectivity index (χ3v) is 5.64. The van der Waals surface area contributed by atoms with Gasteiger partial charge in [0.1, 0.15) is 0 Å². The lowest BCUT2D eigenvalue weighted by Crippen LogP contribution is -2.14. The molecule has 0 rings (SSSR count). The number of ether oxygens (including phenoxy) is 2. The molecule has 0 aromatic carbocycles. The van der Waals surface area contributed by atoms with Gasteiger partial charge in [0.25, 0.3) is 0 Å². The zero-order valence-corrected chi connectivity index (χ0v) is 20.7. The maximum absolute atomic E-state index is 11.8. The third-order valence-electron chi connectivity index (χ3n) is 5.64. The first-order valence-electron chi connectivity index (χ1n) is 13.1. The number of hydrogen-bond donors (Lipinski definition) is 0. The first-order valence-corrected chi connectivity index (χ1v) is 13.1. The first-order chi connectivity index (χ1) is 15.1. The number of esters is 2. The van der Waals surface area contributed by atoms with Crippen molar-refractivity contribution in [3.8, 4) is 0 Å². The SMILES string of the molecule is C=C(CC(=O)OCCCC)C(=O)OCCCCCCCCCCCCCCCCCC. The molecule has 0 N–H and O–H groups in total. The molecule has 0 fully saturated rings. The van der Waals surface area contributed by atoms with Crippen molar-refractivity contribution in [3.63, 3.8) is 0 Å². The first kappa shape index (κ1) is 29.7. The maximum atomic E-state index is 11.8. The molecule has 0 aliphatic rings. The average Bonchev–Trinajstić information content (AvgIpc) is 2.75. The summed E-state index contributed by atoms with van der Waals surface area (Å²) in [6.07, 6.45) is 22.8. The zero-order valence-electron chi connectivity index (χ0n) is 20.7. The molecule has 0 aromatic heterocycles. The van der Waals surface area contributed by atoms with Crippen molar-refractivity contribution in [1.29, 1.82) is 0 Å². The smallest absolute Gasteiger partial charge is 0.333 e. The molecule has 0 spiro atoms. The molecule has 0 unspecified atom stereocenters. The molecular weight excluding hydrogens is 388 g/mol. The number of hydrogen-bond acceptors (Lipinski definition) is 4. The highest BCUT2D eigenvalue weighted by Crippen LogP contribution is 2.14. The van der Waals surface area contributed by atoms with E-state index in [1.165, 1.54) is 89.9 Å². The third kappa shape index (κ3) is 21.7. The summed E-state index contributed by atoms with van der Waals surface area (Å²) in [6, 6.07) is 0. The Balaban J connectivity index is 3.34. The van der Waals surface area contributed by atoms with Crippen LogP contribution >= 0.6 is 0 Å². The fourth-order valence-corrected chi connectivity index (χ4v) is 3.54. The molecular formula is C27H50O4. The van der Waals surface area contributed by atoms with E-state index >= 15 is 0 Å². The highest BCUT2D eigenvalue weighted by molar-refractivity contribution is 5.93. The lowest BCUT2D eigenvalue weighted by Gasteiger charge is -2.08. The largest absolute Gasteiger partial charge is 0.465 e. The van der Waals surface area contributed by atoms with Gasteiger partial charge in [-0.3, -0.25) is 4.79 Å². The number of carbonyl (C=O) groups excluding carboxylic acids is 2. The average molecular weight is 439 g/mol. The summed E-state index contributed by atoms with van der Waals surface area (Å²) in [6.45, 7) is 8.75. The topological polar surface area (TPSA) is 52.6 Å². The van der Waals surface area contributed by atoms with E-state index in [-0.39, 0.29) is 12.0 Å². The molecule has 0 aliphatic heterocycles. The molecule has 0 aliphatic carbocycles. The second-order valence-corrected chi connectivity index (χ2v) is 8.79. The fraction of sp³-hybridized carbons (Fsp3) is 0.852. The van der Waals surface area contributed by atoms with Crippen LogP contribution in [-0.4, -0.2) is 25.2 Å². The second-order valence-electron chi connectivity index (χ2n) is 8.79. The van der Waals surface area contributed by atoms with Crippen LogP contribution in [0.25, 0.3) is 0 Å². The molecule has 0 radical (unpaired) electrons. The molecule has 0 bridgehead atoms. The van der Waals surface area contributed by atoms with Crippen molar-refractivity contribution in [2.24, 2.45) is 0 Å². The Hall–Kier alpha value is -1.32. The van der Waals surface area contributed by atoms with Gasteiger partial charge in [-0.15, -0.1) is 0 Å². The van der Waals surface area contributed by atoms with Crippen LogP contribution in [0.2, 0.25) is 0 Å². The van der Waals surface area contributed by atoms with E-state index in [1.54, 1.807) is 0 Å². The minimum absolute atomic E-state index is 0.0818. The highest BCUT2D eigenvalue weighted by Gasteiger charge is 2.13. The maximum Gasteiger partial charge on any atom is 0.333 e. The van der Waals surface area contributed by atoms with Gasteiger partial charge in [0.05, 0.1) is 19.6 Å². The van der Waals surface area contributed by atoms with Crippen LogP contribution in [0, 0.1) is 0 Å². The molecule has 0 atom stereocenters. The van der Waals surface area contributed by atoms with E-state index in [0.717, 1.165) is 25.7 Å². The highest BCUT2D eigenvalue weighted by atomic mass is 16.5. The summed E-state index contributed by atoms with van der Waals surface area (Å²) in [5.74, 6) is -0.883. The minimum Gasteiger partial charge on any atom is -0.465 e. The molecule has 4 nitrogen and oxygen atoms in total. The lowest BCUT2D eigenvalue weighted by atomic mass is 10.0. The van der Waals surface area contributed by atoms with Crippen LogP contribution in [-0.2, 0) is 19.1 Å². The van der Waals surface area contributed by atoms with E-state index in [9.17, 15) is 9.59 Å². The van der Waals surface area contributed by atoms with Crippen molar-refractivity contribution in [2.45, 2.75) is 136 Å². The van der Waals surface area contributed by atoms with Crippen molar-refractivity contribution in [2.75, 3.05) is 13.2 Å². The summed E-state index contributed by atoms with van der Waals surface area (Å²) < 4.78 is 10.2. The lowest BCUT2D eigenvalue weighted by molar-refractivity contribution is -0.146. The van der Waals surface area contributed by atoms with Crippen molar-refractivity contribution in [1.82, 2.24) is 0 Å². The summed E-state index contributed by atoms with van der Waals surface area (Å²) in [4.78, 5) is 23.4. The van der Waals surface area contributed by atoms with Crippen LogP contribution in [0.3, 0.4) is 0 Å². The number of unbranched alkanes of at least 4 members (excludes halogenated alkanes) is 16. The van der Waals surface area contributed by atoms with Gasteiger partial charge in [-0.25, -0.2) is 4.79 Å². The summed E-state index contributed by atoms with van der Waals surface area (Å²) in [7, 11) is 0. The molecule has 0 aromatic rings. The van der Waals surface area contributed by atoms with Crippen LogP contribution < -0.4 is 0 Å².